The van der Waals surface area contributed by atoms with Gasteiger partial charge < -0.3 is 4.57 Å². The average Bonchev–Trinajstić information content (AvgIpc) is 2.75. The molecule has 1 aromatic heterocycles. The van der Waals surface area contributed by atoms with Gasteiger partial charge in [0, 0.05) is 30.4 Å². The number of hydrogen-bond donors (Lipinski definition) is 0. The highest BCUT2D eigenvalue weighted by Crippen LogP contribution is 2.39. The van der Waals surface area contributed by atoms with E-state index in [0.29, 0.717) is 12.2 Å². The van der Waals surface area contributed by atoms with Crippen molar-refractivity contribution in [2.24, 2.45) is 0 Å². The third-order valence-corrected chi connectivity index (χ3v) is 5.41. The quantitative estimate of drug-likeness (QED) is 0.339. The zero-order chi connectivity index (χ0) is 22.0. The summed E-state index contributed by atoms with van der Waals surface area (Å²) < 4.78 is 41.6. The van der Waals surface area contributed by atoms with Crippen molar-refractivity contribution >= 4 is 11.6 Å². The van der Waals surface area contributed by atoms with E-state index < -0.39 is 16.8 Å². The molecule has 0 amide bonds. The summed E-state index contributed by atoms with van der Waals surface area (Å²) in [6, 6.07) is 24.2. The van der Waals surface area contributed by atoms with Gasteiger partial charge in [0.25, 0.3) is 0 Å². The number of alkyl halides is 3. The van der Waals surface area contributed by atoms with E-state index in [2.05, 4.69) is 0 Å². The van der Waals surface area contributed by atoms with Crippen LogP contribution in [0.2, 0.25) is 5.02 Å². The maximum Gasteiger partial charge on any atom is 0.417 e. The maximum absolute atomic E-state index is 13.3. The summed E-state index contributed by atoms with van der Waals surface area (Å²) in [5.41, 5.74) is 2.35. The second kappa shape index (κ2) is 8.44. The van der Waals surface area contributed by atoms with Crippen molar-refractivity contribution in [1.29, 1.82) is 0 Å². The molecular formula is C25H17ClF3NO. The molecule has 4 rings (SSSR count). The van der Waals surface area contributed by atoms with Crippen LogP contribution in [0.15, 0.2) is 95.9 Å². The van der Waals surface area contributed by atoms with Gasteiger partial charge in [0.05, 0.1) is 16.3 Å². The molecule has 0 fully saturated rings. The van der Waals surface area contributed by atoms with Crippen molar-refractivity contribution in [2.45, 2.75) is 12.7 Å². The van der Waals surface area contributed by atoms with E-state index in [9.17, 15) is 18.0 Å². The molecule has 1 heterocycles. The number of pyridine rings is 1. The highest BCUT2D eigenvalue weighted by atomic mass is 35.5. The minimum atomic E-state index is -4.58. The summed E-state index contributed by atoms with van der Waals surface area (Å²) in [6.07, 6.45) is -3.01. The topological polar surface area (TPSA) is 22.0 Å². The molecule has 6 heteroatoms. The first-order valence-corrected chi connectivity index (χ1v) is 9.92. The first kappa shape index (κ1) is 20.9. The molecule has 156 valence electrons. The smallest absolute Gasteiger partial charge is 0.343 e. The Morgan fingerprint density at radius 2 is 1.48 bits per heavy atom. The predicted octanol–water partition coefficient (Wildman–Crippen LogP) is 6.90. The summed E-state index contributed by atoms with van der Waals surface area (Å²) in [5.74, 6) is 0. The number of hydrogen-bond acceptors (Lipinski definition) is 1. The van der Waals surface area contributed by atoms with Crippen molar-refractivity contribution in [2.75, 3.05) is 0 Å². The Labute approximate surface area is 182 Å². The van der Waals surface area contributed by atoms with E-state index in [1.165, 1.54) is 24.3 Å². The Bertz CT molecular complexity index is 1260. The molecule has 0 aliphatic rings. The van der Waals surface area contributed by atoms with Crippen LogP contribution in [0.25, 0.3) is 22.4 Å². The van der Waals surface area contributed by atoms with Crippen molar-refractivity contribution < 1.29 is 13.2 Å². The van der Waals surface area contributed by atoms with Crippen LogP contribution in [0.3, 0.4) is 0 Å². The van der Waals surface area contributed by atoms with Gasteiger partial charge >= 0.3 is 6.18 Å². The first-order valence-electron chi connectivity index (χ1n) is 9.54. The molecule has 31 heavy (non-hydrogen) atoms. The summed E-state index contributed by atoms with van der Waals surface area (Å²) >= 11 is 6.11. The highest BCUT2D eigenvalue weighted by molar-refractivity contribution is 6.34. The largest absolute Gasteiger partial charge is 0.417 e. The van der Waals surface area contributed by atoms with E-state index in [1.54, 1.807) is 10.8 Å². The van der Waals surface area contributed by atoms with Gasteiger partial charge in [-0.2, -0.15) is 13.2 Å². The van der Waals surface area contributed by atoms with E-state index in [0.717, 1.165) is 22.8 Å². The fourth-order valence-electron chi connectivity index (χ4n) is 3.46. The van der Waals surface area contributed by atoms with Crippen LogP contribution in [0, 0.1) is 0 Å². The summed E-state index contributed by atoms with van der Waals surface area (Å²) in [4.78, 5) is 12.0. The molecule has 0 unspecified atom stereocenters. The van der Waals surface area contributed by atoms with Crippen LogP contribution in [0.4, 0.5) is 13.2 Å². The van der Waals surface area contributed by atoms with Crippen LogP contribution >= 0.6 is 11.6 Å². The fraction of sp³-hybridized carbons (Fsp3) is 0.0800. The molecule has 0 aliphatic carbocycles. The highest BCUT2D eigenvalue weighted by Gasteiger charge is 2.34. The van der Waals surface area contributed by atoms with Crippen LogP contribution in [-0.4, -0.2) is 4.57 Å². The average molecular weight is 440 g/mol. The minimum absolute atomic E-state index is 0.162. The second-order valence-electron chi connectivity index (χ2n) is 7.10. The van der Waals surface area contributed by atoms with E-state index in [1.807, 2.05) is 54.6 Å². The van der Waals surface area contributed by atoms with Crippen LogP contribution in [0.5, 0.6) is 0 Å². The van der Waals surface area contributed by atoms with Gasteiger partial charge in [0.15, 0.2) is 5.43 Å². The standard InChI is InChI=1S/C25H17ClF3NO/c26-24-21(7-4-8-22(24)25(27,28)29)23-15-20(31)13-14-30(23)16-17-9-11-19(12-10-17)18-5-2-1-3-6-18/h1-15H,16H2. The SMILES string of the molecule is O=c1ccn(Cc2ccc(-c3ccccc3)cc2)c(-c2cccc(C(F)(F)F)c2Cl)c1. The molecule has 0 aliphatic heterocycles. The lowest BCUT2D eigenvalue weighted by atomic mass is 10.0. The predicted molar refractivity (Wildman–Crippen MR) is 117 cm³/mol. The molecule has 0 spiro atoms. The molecular weight excluding hydrogens is 423 g/mol. The molecule has 0 saturated heterocycles. The second-order valence-corrected chi connectivity index (χ2v) is 7.48. The molecule has 0 atom stereocenters. The third kappa shape index (κ3) is 4.57. The Hall–Kier alpha value is -3.31. The lowest BCUT2D eigenvalue weighted by Crippen LogP contribution is -2.11. The summed E-state index contributed by atoms with van der Waals surface area (Å²) in [5, 5.41) is -0.422. The van der Waals surface area contributed by atoms with Crippen LogP contribution in [0.1, 0.15) is 11.1 Å². The fourth-order valence-corrected chi connectivity index (χ4v) is 3.79. The van der Waals surface area contributed by atoms with Gasteiger partial charge in [-0.3, -0.25) is 4.79 Å². The van der Waals surface area contributed by atoms with E-state index >= 15 is 0 Å². The molecule has 0 bridgehead atoms. The third-order valence-electron chi connectivity index (χ3n) is 5.00. The van der Waals surface area contributed by atoms with Crippen molar-refractivity contribution in [3.8, 4) is 22.4 Å². The van der Waals surface area contributed by atoms with Gasteiger partial charge in [0.1, 0.15) is 0 Å². The van der Waals surface area contributed by atoms with Crippen molar-refractivity contribution in [3.63, 3.8) is 0 Å². The van der Waals surface area contributed by atoms with Gasteiger partial charge in [-0.05, 0) is 22.8 Å². The number of aromatic nitrogens is 1. The lowest BCUT2D eigenvalue weighted by molar-refractivity contribution is -0.137. The zero-order valence-electron chi connectivity index (χ0n) is 16.2. The van der Waals surface area contributed by atoms with Gasteiger partial charge in [0.2, 0.25) is 0 Å². The lowest BCUT2D eigenvalue weighted by Gasteiger charge is -2.17. The van der Waals surface area contributed by atoms with Crippen LogP contribution in [-0.2, 0) is 12.7 Å². The number of halogens is 4. The van der Waals surface area contributed by atoms with Gasteiger partial charge in [-0.15, -0.1) is 0 Å². The molecule has 2 nitrogen and oxygen atoms in total. The molecule has 0 saturated carbocycles. The van der Waals surface area contributed by atoms with E-state index in [-0.39, 0.29) is 11.0 Å². The van der Waals surface area contributed by atoms with Crippen molar-refractivity contribution in [3.05, 3.63) is 117 Å². The number of benzene rings is 3. The Kier molecular flexibility index (Phi) is 5.70. The normalized spacial score (nSPS) is 11.5. The Balaban J connectivity index is 1.71. The Morgan fingerprint density at radius 3 is 2.16 bits per heavy atom. The molecule has 4 aromatic rings. The van der Waals surface area contributed by atoms with E-state index in [4.69, 9.17) is 11.6 Å². The monoisotopic (exact) mass is 439 g/mol. The molecule has 0 radical (unpaired) electrons. The Morgan fingerprint density at radius 1 is 0.806 bits per heavy atom. The summed E-state index contributed by atoms with van der Waals surface area (Å²) in [6.45, 7) is 0.372. The van der Waals surface area contributed by atoms with Gasteiger partial charge in [-0.1, -0.05) is 78.3 Å². The molecule has 0 N–H and O–H groups in total. The zero-order valence-corrected chi connectivity index (χ0v) is 17.0. The minimum Gasteiger partial charge on any atom is -0.343 e. The van der Waals surface area contributed by atoms with Crippen LogP contribution < -0.4 is 5.43 Å². The number of rotatable bonds is 4. The van der Waals surface area contributed by atoms with Crippen molar-refractivity contribution in [1.82, 2.24) is 4.57 Å². The summed E-state index contributed by atoms with van der Waals surface area (Å²) in [7, 11) is 0. The maximum atomic E-state index is 13.3. The number of nitrogens with zero attached hydrogens (tertiary/aromatic N) is 1. The molecule has 3 aromatic carbocycles. The van der Waals surface area contributed by atoms with Gasteiger partial charge in [-0.25, -0.2) is 0 Å². The first-order chi connectivity index (χ1) is 14.8.